The van der Waals surface area contributed by atoms with Crippen molar-refractivity contribution in [3.05, 3.63) is 50.3 Å². The SMILES string of the molecule is C[C@@H]1CCc2c(sc(NC(=S)NC(=O)c3ccc(Br)cc3)c2C(N)=O)C1. The number of nitrogens with one attached hydrogen (secondary N) is 2. The standard InChI is InChI=1S/C18H18BrN3O2S2/c1-9-2-7-12-13(8-9)26-17(14(12)15(20)23)22-18(25)21-16(24)10-3-5-11(19)6-4-10/h3-6,9H,2,7-8H2,1H3,(H2,20,23)(H2,21,22,24,25)/t9-/m1/s1. The second kappa shape index (κ2) is 7.85. The molecule has 1 atom stereocenters. The summed E-state index contributed by atoms with van der Waals surface area (Å²) in [6.45, 7) is 2.20. The van der Waals surface area contributed by atoms with Crippen molar-refractivity contribution >= 4 is 61.4 Å². The van der Waals surface area contributed by atoms with E-state index in [9.17, 15) is 9.59 Å². The highest BCUT2D eigenvalue weighted by atomic mass is 79.9. The fourth-order valence-electron chi connectivity index (χ4n) is 3.01. The van der Waals surface area contributed by atoms with E-state index in [0.29, 0.717) is 22.0 Å². The molecule has 1 heterocycles. The molecular formula is C18H18BrN3O2S2. The van der Waals surface area contributed by atoms with Gasteiger partial charge in [-0.25, -0.2) is 0 Å². The van der Waals surface area contributed by atoms with Crippen molar-refractivity contribution in [2.45, 2.75) is 26.2 Å². The lowest BCUT2D eigenvalue weighted by molar-refractivity contribution is 0.0975. The maximum absolute atomic E-state index is 12.3. The lowest BCUT2D eigenvalue weighted by atomic mass is 9.88. The van der Waals surface area contributed by atoms with Crippen LogP contribution in [0.15, 0.2) is 28.7 Å². The van der Waals surface area contributed by atoms with Gasteiger partial charge in [-0.2, -0.15) is 0 Å². The van der Waals surface area contributed by atoms with E-state index in [0.717, 1.165) is 29.3 Å². The van der Waals surface area contributed by atoms with Gasteiger partial charge in [0, 0.05) is 14.9 Å². The lowest BCUT2D eigenvalue weighted by Gasteiger charge is -2.18. The highest BCUT2D eigenvalue weighted by Gasteiger charge is 2.27. The molecule has 4 N–H and O–H groups in total. The summed E-state index contributed by atoms with van der Waals surface area (Å²) >= 11 is 10.1. The molecule has 3 rings (SSSR count). The van der Waals surface area contributed by atoms with E-state index in [1.54, 1.807) is 24.3 Å². The number of carbonyl (C=O) groups excluding carboxylic acids is 2. The van der Waals surface area contributed by atoms with Crippen molar-refractivity contribution in [1.29, 1.82) is 0 Å². The number of anilines is 1. The molecule has 0 spiro atoms. The molecule has 8 heteroatoms. The number of rotatable bonds is 3. The van der Waals surface area contributed by atoms with Gasteiger partial charge in [-0.3, -0.25) is 14.9 Å². The van der Waals surface area contributed by atoms with Gasteiger partial charge in [0.15, 0.2) is 5.11 Å². The molecule has 0 fully saturated rings. The minimum absolute atomic E-state index is 0.145. The second-order valence-electron chi connectivity index (χ2n) is 6.34. The first-order valence-corrected chi connectivity index (χ1v) is 10.2. The van der Waals surface area contributed by atoms with Gasteiger partial charge in [0.2, 0.25) is 0 Å². The van der Waals surface area contributed by atoms with Crippen molar-refractivity contribution in [2.75, 3.05) is 5.32 Å². The zero-order chi connectivity index (χ0) is 18.8. The summed E-state index contributed by atoms with van der Waals surface area (Å²) in [6.07, 6.45) is 2.80. The molecule has 1 aromatic heterocycles. The number of nitrogens with two attached hydrogens (primary N) is 1. The van der Waals surface area contributed by atoms with E-state index >= 15 is 0 Å². The van der Waals surface area contributed by atoms with Crippen LogP contribution >= 0.6 is 39.5 Å². The van der Waals surface area contributed by atoms with Crippen LogP contribution in [0.3, 0.4) is 0 Å². The van der Waals surface area contributed by atoms with Crippen molar-refractivity contribution in [1.82, 2.24) is 5.32 Å². The summed E-state index contributed by atoms with van der Waals surface area (Å²) < 4.78 is 0.888. The molecule has 1 aliphatic rings. The molecule has 1 aromatic carbocycles. The topological polar surface area (TPSA) is 84.2 Å². The number of benzene rings is 1. The van der Waals surface area contributed by atoms with Gasteiger partial charge in [-0.05, 0) is 67.2 Å². The summed E-state index contributed by atoms with van der Waals surface area (Å²) in [7, 11) is 0. The smallest absolute Gasteiger partial charge is 0.257 e. The molecule has 0 radical (unpaired) electrons. The minimum atomic E-state index is -0.471. The number of thiophene rings is 1. The molecule has 0 aliphatic heterocycles. The Balaban J connectivity index is 1.76. The predicted molar refractivity (Wildman–Crippen MR) is 112 cm³/mol. The van der Waals surface area contributed by atoms with E-state index in [1.165, 1.54) is 16.2 Å². The van der Waals surface area contributed by atoms with Crippen molar-refractivity contribution in [3.63, 3.8) is 0 Å². The number of halogens is 1. The summed E-state index contributed by atoms with van der Waals surface area (Å²) in [5.41, 5.74) is 7.60. The third-order valence-electron chi connectivity index (χ3n) is 4.32. The van der Waals surface area contributed by atoms with Gasteiger partial charge < -0.3 is 11.1 Å². The van der Waals surface area contributed by atoms with Gasteiger partial charge in [-0.15, -0.1) is 11.3 Å². The Morgan fingerprint density at radius 2 is 2.00 bits per heavy atom. The molecule has 2 amide bonds. The van der Waals surface area contributed by atoms with Crippen LogP contribution in [0, 0.1) is 5.92 Å². The van der Waals surface area contributed by atoms with Crippen LogP contribution in [0.1, 0.15) is 44.5 Å². The van der Waals surface area contributed by atoms with Crippen molar-refractivity contribution in [3.8, 4) is 0 Å². The summed E-state index contributed by atoms with van der Waals surface area (Å²) in [5, 5.41) is 6.38. The first-order valence-electron chi connectivity index (χ1n) is 8.17. The number of primary amides is 1. The van der Waals surface area contributed by atoms with Gasteiger partial charge in [0.05, 0.1) is 5.56 Å². The van der Waals surface area contributed by atoms with E-state index in [-0.39, 0.29) is 11.0 Å². The van der Waals surface area contributed by atoms with Crippen LogP contribution in [0.5, 0.6) is 0 Å². The number of hydrogen-bond acceptors (Lipinski definition) is 4. The lowest BCUT2D eigenvalue weighted by Crippen LogP contribution is -2.34. The summed E-state index contributed by atoms with van der Waals surface area (Å²) in [6, 6.07) is 6.96. The molecule has 1 aliphatic carbocycles. The van der Waals surface area contributed by atoms with E-state index < -0.39 is 5.91 Å². The first kappa shape index (κ1) is 19.0. The van der Waals surface area contributed by atoms with Gasteiger partial charge >= 0.3 is 0 Å². The molecular weight excluding hydrogens is 434 g/mol. The van der Waals surface area contributed by atoms with Crippen molar-refractivity contribution in [2.24, 2.45) is 11.7 Å². The third kappa shape index (κ3) is 4.13. The minimum Gasteiger partial charge on any atom is -0.365 e. The Kier molecular flexibility index (Phi) is 5.74. The Labute approximate surface area is 169 Å². The third-order valence-corrected chi connectivity index (χ3v) is 6.22. The molecule has 0 saturated heterocycles. The van der Waals surface area contributed by atoms with Crippen LogP contribution in [-0.2, 0) is 12.8 Å². The first-order chi connectivity index (χ1) is 12.3. The Hall–Kier alpha value is -1.77. The van der Waals surface area contributed by atoms with Crippen LogP contribution in [-0.4, -0.2) is 16.9 Å². The maximum Gasteiger partial charge on any atom is 0.257 e. The quantitative estimate of drug-likeness (QED) is 0.618. The average molecular weight is 452 g/mol. The predicted octanol–water partition coefficient (Wildman–Crippen LogP) is 3.86. The summed E-state index contributed by atoms with van der Waals surface area (Å²) in [5.74, 6) is -0.203. The number of thiocarbonyl (C=S) groups is 1. The molecule has 136 valence electrons. The Morgan fingerprint density at radius 1 is 1.31 bits per heavy atom. The summed E-state index contributed by atoms with van der Waals surface area (Å²) in [4.78, 5) is 25.4. The van der Waals surface area contributed by atoms with Crippen LogP contribution in [0.4, 0.5) is 5.00 Å². The van der Waals surface area contributed by atoms with Crippen LogP contribution in [0.2, 0.25) is 0 Å². The maximum atomic E-state index is 12.3. The van der Waals surface area contributed by atoms with Crippen LogP contribution in [0.25, 0.3) is 0 Å². The fraction of sp³-hybridized carbons (Fsp3) is 0.278. The molecule has 0 unspecified atom stereocenters. The van der Waals surface area contributed by atoms with Gasteiger partial charge in [-0.1, -0.05) is 22.9 Å². The van der Waals surface area contributed by atoms with Gasteiger partial charge in [0.1, 0.15) is 5.00 Å². The highest BCUT2D eigenvalue weighted by molar-refractivity contribution is 9.10. The number of amides is 2. The van der Waals surface area contributed by atoms with Gasteiger partial charge in [0.25, 0.3) is 11.8 Å². The number of hydrogen-bond donors (Lipinski definition) is 3. The van der Waals surface area contributed by atoms with E-state index in [2.05, 4.69) is 33.5 Å². The number of fused-ring (bicyclic) bond motifs is 1. The number of carbonyl (C=O) groups is 2. The fourth-order valence-corrected chi connectivity index (χ4v) is 4.95. The highest BCUT2D eigenvalue weighted by Crippen LogP contribution is 2.39. The van der Waals surface area contributed by atoms with E-state index in [1.807, 2.05) is 0 Å². The molecule has 0 bridgehead atoms. The van der Waals surface area contributed by atoms with Crippen LogP contribution < -0.4 is 16.4 Å². The largest absolute Gasteiger partial charge is 0.365 e. The zero-order valence-electron chi connectivity index (χ0n) is 14.1. The Morgan fingerprint density at radius 3 is 2.65 bits per heavy atom. The van der Waals surface area contributed by atoms with Crippen molar-refractivity contribution < 1.29 is 9.59 Å². The average Bonchev–Trinajstić information content (AvgIpc) is 2.91. The molecule has 26 heavy (non-hydrogen) atoms. The zero-order valence-corrected chi connectivity index (χ0v) is 17.3. The molecule has 2 aromatic rings. The molecule has 0 saturated carbocycles. The Bertz CT molecular complexity index is 877. The second-order valence-corrected chi connectivity index (χ2v) is 8.76. The van der Waals surface area contributed by atoms with E-state index in [4.69, 9.17) is 18.0 Å². The normalized spacial score (nSPS) is 15.8. The molecule has 5 nitrogen and oxygen atoms in total. The monoisotopic (exact) mass is 451 g/mol.